The maximum atomic E-state index is 14.1. The fourth-order valence-electron chi connectivity index (χ4n) is 4.52. The van der Waals surface area contributed by atoms with Crippen molar-refractivity contribution in [1.29, 1.82) is 0 Å². The van der Waals surface area contributed by atoms with E-state index in [9.17, 15) is 19.2 Å². The molecule has 8 nitrogen and oxygen atoms in total. The molecule has 210 valence electrons. The van der Waals surface area contributed by atoms with E-state index in [1.165, 1.54) is 6.07 Å². The van der Waals surface area contributed by atoms with Crippen molar-refractivity contribution >= 4 is 34.4 Å². The SMILES string of the molecule is CC[C@H](C)[C@H](N)C(=O)N(C(=O)c1ccc2ccccc2n1)[C@@H](Cc1ccccc1)C(=O)C(=O)NCc1ccccc1. The summed E-state index contributed by atoms with van der Waals surface area (Å²) in [5, 5.41) is 3.46. The van der Waals surface area contributed by atoms with E-state index in [1.807, 2.05) is 55.5 Å². The molecule has 0 saturated carbocycles. The Morgan fingerprint density at radius 2 is 1.44 bits per heavy atom. The number of nitrogens with one attached hydrogen (secondary N) is 1. The highest BCUT2D eigenvalue weighted by Gasteiger charge is 2.41. The van der Waals surface area contributed by atoms with E-state index in [2.05, 4.69) is 10.3 Å². The van der Waals surface area contributed by atoms with E-state index in [-0.39, 0.29) is 24.6 Å². The Hall–Kier alpha value is -4.69. The number of hydrogen-bond acceptors (Lipinski definition) is 6. The number of imide groups is 1. The van der Waals surface area contributed by atoms with Crippen molar-refractivity contribution in [1.82, 2.24) is 15.2 Å². The lowest BCUT2D eigenvalue weighted by molar-refractivity contribution is -0.144. The number of ketones is 1. The van der Waals surface area contributed by atoms with Gasteiger partial charge in [0.15, 0.2) is 0 Å². The highest BCUT2D eigenvalue weighted by molar-refractivity contribution is 6.39. The molecule has 3 N–H and O–H groups in total. The molecule has 0 spiro atoms. The van der Waals surface area contributed by atoms with Gasteiger partial charge in [0.05, 0.1) is 11.6 Å². The Morgan fingerprint density at radius 1 is 0.829 bits per heavy atom. The summed E-state index contributed by atoms with van der Waals surface area (Å²) >= 11 is 0. The number of nitrogens with two attached hydrogens (primary N) is 1. The number of rotatable bonds is 11. The molecule has 0 radical (unpaired) electrons. The van der Waals surface area contributed by atoms with E-state index in [0.29, 0.717) is 17.5 Å². The van der Waals surface area contributed by atoms with Crippen LogP contribution in [0.5, 0.6) is 0 Å². The Labute approximate surface area is 239 Å². The van der Waals surface area contributed by atoms with Crippen molar-refractivity contribution in [2.24, 2.45) is 11.7 Å². The molecule has 1 aromatic heterocycles. The molecule has 0 aliphatic carbocycles. The van der Waals surface area contributed by atoms with Crippen LogP contribution >= 0.6 is 0 Å². The minimum atomic E-state index is -1.43. The molecule has 3 aromatic carbocycles. The first-order valence-electron chi connectivity index (χ1n) is 13.7. The average Bonchev–Trinajstić information content (AvgIpc) is 3.02. The largest absolute Gasteiger partial charge is 0.345 e. The number of benzene rings is 3. The number of hydrogen-bond donors (Lipinski definition) is 2. The van der Waals surface area contributed by atoms with Crippen LogP contribution in [0.4, 0.5) is 0 Å². The number of nitrogens with zero attached hydrogens (tertiary/aromatic N) is 2. The third kappa shape index (κ3) is 7.10. The summed E-state index contributed by atoms with van der Waals surface area (Å²) < 4.78 is 0. The highest BCUT2D eigenvalue weighted by Crippen LogP contribution is 2.20. The first-order chi connectivity index (χ1) is 19.8. The molecule has 0 saturated heterocycles. The summed E-state index contributed by atoms with van der Waals surface area (Å²) in [6, 6.07) is 26.1. The lowest BCUT2D eigenvalue weighted by Gasteiger charge is -2.32. The number of carbonyl (C=O) groups excluding carboxylic acids is 4. The second-order valence-corrected chi connectivity index (χ2v) is 10.1. The van der Waals surface area contributed by atoms with E-state index in [1.54, 1.807) is 49.4 Å². The van der Waals surface area contributed by atoms with Crippen LogP contribution in [0.15, 0.2) is 97.1 Å². The molecule has 4 aromatic rings. The zero-order valence-electron chi connectivity index (χ0n) is 23.2. The van der Waals surface area contributed by atoms with E-state index in [0.717, 1.165) is 15.8 Å². The van der Waals surface area contributed by atoms with E-state index >= 15 is 0 Å². The maximum absolute atomic E-state index is 14.1. The van der Waals surface area contributed by atoms with Gasteiger partial charge in [0, 0.05) is 18.4 Å². The Kier molecular flexibility index (Phi) is 9.71. The zero-order chi connectivity index (χ0) is 29.4. The molecule has 0 aliphatic rings. The molecule has 0 bridgehead atoms. The van der Waals surface area contributed by atoms with Crippen molar-refractivity contribution in [3.8, 4) is 0 Å². The van der Waals surface area contributed by atoms with Crippen LogP contribution in [-0.2, 0) is 27.3 Å². The minimum absolute atomic E-state index is 0.0241. The minimum Gasteiger partial charge on any atom is -0.345 e. The van der Waals surface area contributed by atoms with Gasteiger partial charge in [-0.25, -0.2) is 4.98 Å². The zero-order valence-corrected chi connectivity index (χ0v) is 23.2. The number of para-hydroxylation sites is 1. The predicted octanol–water partition coefficient (Wildman–Crippen LogP) is 4.07. The summed E-state index contributed by atoms with van der Waals surface area (Å²) in [7, 11) is 0. The third-order valence-electron chi connectivity index (χ3n) is 7.22. The normalized spacial score (nSPS) is 13.1. The predicted molar refractivity (Wildman–Crippen MR) is 158 cm³/mol. The molecule has 1 heterocycles. The second kappa shape index (κ2) is 13.6. The van der Waals surface area contributed by atoms with Gasteiger partial charge in [0.25, 0.3) is 11.8 Å². The third-order valence-corrected chi connectivity index (χ3v) is 7.22. The van der Waals surface area contributed by atoms with Crippen molar-refractivity contribution in [3.05, 3.63) is 114 Å². The van der Waals surface area contributed by atoms with Crippen molar-refractivity contribution < 1.29 is 19.2 Å². The number of pyridine rings is 1. The fraction of sp³-hybridized carbons (Fsp3) is 0.242. The van der Waals surface area contributed by atoms with Crippen molar-refractivity contribution in [2.75, 3.05) is 0 Å². The molecule has 0 aliphatic heterocycles. The van der Waals surface area contributed by atoms with Crippen LogP contribution in [-0.4, -0.2) is 45.5 Å². The number of amides is 3. The van der Waals surface area contributed by atoms with Gasteiger partial charge in [0.1, 0.15) is 11.7 Å². The van der Waals surface area contributed by atoms with Gasteiger partial charge in [-0.05, 0) is 29.2 Å². The van der Waals surface area contributed by atoms with Gasteiger partial charge < -0.3 is 11.1 Å². The van der Waals surface area contributed by atoms with Gasteiger partial charge >= 0.3 is 0 Å². The van der Waals surface area contributed by atoms with Gasteiger partial charge in [-0.1, -0.05) is 105 Å². The maximum Gasteiger partial charge on any atom is 0.289 e. The Bertz CT molecular complexity index is 1520. The lowest BCUT2D eigenvalue weighted by Crippen LogP contribution is -2.58. The topological polar surface area (TPSA) is 122 Å². The molecule has 3 amide bonds. The van der Waals surface area contributed by atoms with Crippen LogP contribution in [0.25, 0.3) is 10.9 Å². The van der Waals surface area contributed by atoms with Gasteiger partial charge in [-0.2, -0.15) is 0 Å². The van der Waals surface area contributed by atoms with Gasteiger partial charge in [-0.3, -0.25) is 24.1 Å². The van der Waals surface area contributed by atoms with Crippen molar-refractivity contribution in [2.45, 2.75) is 45.3 Å². The smallest absolute Gasteiger partial charge is 0.289 e. The molecule has 0 fully saturated rings. The Balaban J connectivity index is 1.75. The average molecular weight is 551 g/mol. The highest BCUT2D eigenvalue weighted by atomic mass is 16.2. The Morgan fingerprint density at radius 3 is 2.10 bits per heavy atom. The van der Waals surface area contributed by atoms with Crippen LogP contribution in [0, 0.1) is 5.92 Å². The van der Waals surface area contributed by atoms with Crippen LogP contribution in [0.2, 0.25) is 0 Å². The monoisotopic (exact) mass is 550 g/mol. The molecule has 4 rings (SSSR count). The summed E-state index contributed by atoms with van der Waals surface area (Å²) in [5.41, 5.74) is 8.36. The fourth-order valence-corrected chi connectivity index (χ4v) is 4.52. The molecular weight excluding hydrogens is 516 g/mol. The number of carbonyl (C=O) groups is 4. The second-order valence-electron chi connectivity index (χ2n) is 10.1. The lowest BCUT2D eigenvalue weighted by atomic mass is 9.95. The molecule has 8 heteroatoms. The van der Waals surface area contributed by atoms with Crippen LogP contribution in [0.3, 0.4) is 0 Å². The summed E-state index contributed by atoms with van der Waals surface area (Å²) in [5.74, 6) is -3.61. The molecule has 0 unspecified atom stereocenters. The number of Topliss-reactive ketones (excluding diaryl/α,β-unsaturated/α-hetero) is 1. The number of aromatic nitrogens is 1. The summed E-state index contributed by atoms with van der Waals surface area (Å²) in [4.78, 5) is 60.4. The summed E-state index contributed by atoms with van der Waals surface area (Å²) in [6.07, 6.45) is 0.523. The standard InChI is InChI=1S/C33H34N4O4/c1-3-22(2)29(34)33(41)37(32(40)27-19-18-25-16-10-11-17-26(25)36-27)28(20-23-12-6-4-7-13-23)30(38)31(39)35-21-24-14-8-5-9-15-24/h4-19,22,28-29H,3,20-21,34H2,1-2H3,(H,35,39)/t22-,28-,29-/m0/s1. The van der Waals surface area contributed by atoms with Gasteiger partial charge in [0.2, 0.25) is 11.7 Å². The molecular formula is C33H34N4O4. The van der Waals surface area contributed by atoms with Crippen molar-refractivity contribution in [3.63, 3.8) is 0 Å². The van der Waals surface area contributed by atoms with E-state index < -0.39 is 35.6 Å². The van der Waals surface area contributed by atoms with Gasteiger partial charge in [-0.15, -0.1) is 0 Å². The first kappa shape index (κ1) is 29.3. The van der Waals surface area contributed by atoms with Crippen LogP contribution < -0.4 is 11.1 Å². The van der Waals surface area contributed by atoms with E-state index in [4.69, 9.17) is 5.73 Å². The first-order valence-corrected chi connectivity index (χ1v) is 13.7. The quantitative estimate of drug-likeness (QED) is 0.272. The molecule has 41 heavy (non-hydrogen) atoms. The van der Waals surface area contributed by atoms with Crippen LogP contribution in [0.1, 0.15) is 41.9 Å². The molecule has 3 atom stereocenters. The number of fused-ring (bicyclic) bond motifs is 1. The summed E-state index contributed by atoms with van der Waals surface area (Å²) in [6.45, 7) is 3.81.